The smallest absolute Gasteiger partial charge is 0.251 e. The number of carbonyl (C=O) groups is 1. The van der Waals surface area contributed by atoms with E-state index in [0.29, 0.717) is 12.1 Å². The van der Waals surface area contributed by atoms with Crippen LogP contribution in [0.15, 0.2) is 54.6 Å². The van der Waals surface area contributed by atoms with E-state index in [1.54, 1.807) is 0 Å². The first-order chi connectivity index (χ1) is 10.1. The van der Waals surface area contributed by atoms with Gasteiger partial charge >= 0.3 is 0 Å². The quantitative estimate of drug-likeness (QED) is 0.883. The van der Waals surface area contributed by atoms with E-state index < -0.39 is 0 Å². The van der Waals surface area contributed by atoms with Crippen LogP contribution >= 0.6 is 0 Å². The number of benzene rings is 2. The lowest BCUT2D eigenvalue weighted by Gasteiger charge is -2.10. The summed E-state index contributed by atoms with van der Waals surface area (Å²) in [7, 11) is 3.98. The van der Waals surface area contributed by atoms with Gasteiger partial charge in [-0.05, 0) is 43.8 Å². The van der Waals surface area contributed by atoms with Gasteiger partial charge in [-0.15, -0.1) is 0 Å². The van der Waals surface area contributed by atoms with Crippen LogP contribution in [0.25, 0.3) is 0 Å². The topological polar surface area (TPSA) is 32.3 Å². The molecule has 0 fully saturated rings. The Morgan fingerprint density at radius 3 is 2.19 bits per heavy atom. The predicted octanol–water partition coefficient (Wildman–Crippen LogP) is 2.57. The van der Waals surface area contributed by atoms with Crippen molar-refractivity contribution in [2.24, 2.45) is 0 Å². The zero-order valence-corrected chi connectivity index (χ0v) is 12.7. The molecule has 0 bridgehead atoms. The highest BCUT2D eigenvalue weighted by molar-refractivity contribution is 5.94. The summed E-state index contributed by atoms with van der Waals surface area (Å²) in [6.45, 7) is 1.51. The highest BCUT2D eigenvalue weighted by Crippen LogP contribution is 2.10. The largest absolute Gasteiger partial charge is 0.351 e. The van der Waals surface area contributed by atoms with Gasteiger partial charge in [0, 0.05) is 18.7 Å². The molecule has 0 saturated carbocycles. The number of nitrogens with one attached hydrogen (secondary N) is 1. The third-order valence-electron chi connectivity index (χ3n) is 3.31. The summed E-state index contributed by atoms with van der Waals surface area (Å²) < 4.78 is 0. The van der Waals surface area contributed by atoms with Gasteiger partial charge in [0.1, 0.15) is 0 Å². The van der Waals surface area contributed by atoms with Gasteiger partial charge in [-0.25, -0.2) is 0 Å². The molecule has 0 unspecified atom stereocenters. The summed E-state index contributed by atoms with van der Waals surface area (Å²) in [4.78, 5) is 14.0. The minimum Gasteiger partial charge on any atom is -0.351 e. The summed E-state index contributed by atoms with van der Waals surface area (Å²) in [6.07, 6.45) is 0.892. The molecular weight excluding hydrogens is 260 g/mol. The third-order valence-corrected chi connectivity index (χ3v) is 3.31. The number of rotatable bonds is 6. The molecule has 2 rings (SSSR count). The number of carbonyl (C=O) groups excluding carboxylic acids is 1. The molecule has 0 radical (unpaired) electrons. The van der Waals surface area contributed by atoms with Crippen molar-refractivity contribution < 1.29 is 4.79 Å². The summed E-state index contributed by atoms with van der Waals surface area (Å²) >= 11 is 0. The van der Waals surface area contributed by atoms with Crippen LogP contribution in [0, 0.1) is 0 Å². The summed E-state index contributed by atoms with van der Waals surface area (Å²) in [5.74, 6) is -0.0110. The fourth-order valence-corrected chi connectivity index (χ4v) is 2.10. The van der Waals surface area contributed by atoms with Gasteiger partial charge in [-0.3, -0.25) is 4.79 Å². The molecule has 1 N–H and O–H groups in total. The zero-order valence-electron chi connectivity index (χ0n) is 12.7. The lowest BCUT2D eigenvalue weighted by atomic mass is 10.0. The minimum atomic E-state index is -0.0110. The van der Waals surface area contributed by atoms with E-state index in [1.165, 1.54) is 11.1 Å². The normalized spacial score (nSPS) is 10.6. The van der Waals surface area contributed by atoms with Crippen LogP contribution in [0.2, 0.25) is 0 Å². The molecule has 0 aromatic heterocycles. The van der Waals surface area contributed by atoms with Crippen molar-refractivity contribution in [2.75, 3.05) is 27.2 Å². The van der Waals surface area contributed by atoms with Crippen LogP contribution in [0.3, 0.4) is 0 Å². The summed E-state index contributed by atoms with van der Waals surface area (Å²) in [5.41, 5.74) is 3.21. The van der Waals surface area contributed by atoms with Crippen LogP contribution in [-0.2, 0) is 6.42 Å². The Balaban J connectivity index is 1.91. The summed E-state index contributed by atoms with van der Waals surface area (Å²) in [6, 6.07) is 18.2. The van der Waals surface area contributed by atoms with E-state index in [1.807, 2.05) is 61.5 Å². The maximum atomic E-state index is 12.0. The first-order valence-corrected chi connectivity index (χ1v) is 7.21. The van der Waals surface area contributed by atoms with Gasteiger partial charge in [0.15, 0.2) is 0 Å². The number of likely N-dealkylation sites (N-methyl/N-ethyl adjacent to an activating group) is 1. The third kappa shape index (κ3) is 5.04. The molecule has 0 aliphatic carbocycles. The molecule has 2 aromatic rings. The molecule has 0 heterocycles. The van der Waals surface area contributed by atoms with Gasteiger partial charge in [0.25, 0.3) is 5.91 Å². The average Bonchev–Trinajstić information content (AvgIpc) is 2.48. The Kier molecular flexibility index (Phi) is 5.52. The van der Waals surface area contributed by atoms with Crippen molar-refractivity contribution in [1.29, 1.82) is 0 Å². The summed E-state index contributed by atoms with van der Waals surface area (Å²) in [5, 5.41) is 2.92. The van der Waals surface area contributed by atoms with Crippen molar-refractivity contribution in [3.05, 3.63) is 71.3 Å². The molecule has 2 aromatic carbocycles. The van der Waals surface area contributed by atoms with Crippen LogP contribution < -0.4 is 5.32 Å². The van der Waals surface area contributed by atoms with Crippen molar-refractivity contribution >= 4 is 5.91 Å². The van der Waals surface area contributed by atoms with Crippen molar-refractivity contribution in [2.45, 2.75) is 6.42 Å². The Morgan fingerprint density at radius 2 is 1.57 bits per heavy atom. The Bertz CT molecular complexity index is 562. The fraction of sp³-hybridized carbons (Fsp3) is 0.278. The fourth-order valence-electron chi connectivity index (χ4n) is 2.10. The SMILES string of the molecule is CN(C)CCNC(=O)c1ccc(Cc2ccccc2)cc1. The molecule has 0 aliphatic rings. The van der Waals surface area contributed by atoms with Crippen LogP contribution in [0.5, 0.6) is 0 Å². The van der Waals surface area contributed by atoms with E-state index >= 15 is 0 Å². The molecular formula is C18H22N2O. The standard InChI is InChI=1S/C18H22N2O/c1-20(2)13-12-19-18(21)17-10-8-16(9-11-17)14-15-6-4-3-5-7-15/h3-11H,12-14H2,1-2H3,(H,19,21). The molecule has 21 heavy (non-hydrogen) atoms. The van der Waals surface area contributed by atoms with Crippen LogP contribution in [0.1, 0.15) is 21.5 Å². The van der Waals surface area contributed by atoms with Gasteiger partial charge < -0.3 is 10.2 Å². The van der Waals surface area contributed by atoms with Crippen molar-refractivity contribution in [3.8, 4) is 0 Å². The lowest BCUT2D eigenvalue weighted by Crippen LogP contribution is -2.31. The average molecular weight is 282 g/mol. The van der Waals surface area contributed by atoms with Crippen LogP contribution in [-0.4, -0.2) is 38.0 Å². The molecule has 0 spiro atoms. The van der Waals surface area contributed by atoms with E-state index in [4.69, 9.17) is 0 Å². The minimum absolute atomic E-state index is 0.0110. The van der Waals surface area contributed by atoms with E-state index in [9.17, 15) is 4.79 Å². The first kappa shape index (κ1) is 15.3. The molecule has 3 heteroatoms. The second-order valence-corrected chi connectivity index (χ2v) is 5.42. The second kappa shape index (κ2) is 7.60. The highest BCUT2D eigenvalue weighted by Gasteiger charge is 2.05. The van der Waals surface area contributed by atoms with E-state index in [0.717, 1.165) is 13.0 Å². The van der Waals surface area contributed by atoms with Gasteiger partial charge in [0.2, 0.25) is 0 Å². The number of nitrogens with zero attached hydrogens (tertiary/aromatic N) is 1. The van der Waals surface area contributed by atoms with Gasteiger partial charge in [0.05, 0.1) is 0 Å². The molecule has 3 nitrogen and oxygen atoms in total. The highest BCUT2D eigenvalue weighted by atomic mass is 16.1. The van der Waals surface area contributed by atoms with Gasteiger partial charge in [-0.2, -0.15) is 0 Å². The van der Waals surface area contributed by atoms with Crippen LogP contribution in [0.4, 0.5) is 0 Å². The molecule has 110 valence electrons. The molecule has 0 saturated heterocycles. The predicted molar refractivity (Wildman–Crippen MR) is 86.6 cm³/mol. The van der Waals surface area contributed by atoms with Crippen molar-refractivity contribution in [3.63, 3.8) is 0 Å². The lowest BCUT2D eigenvalue weighted by molar-refractivity contribution is 0.0951. The Morgan fingerprint density at radius 1 is 0.952 bits per heavy atom. The van der Waals surface area contributed by atoms with E-state index in [2.05, 4.69) is 17.4 Å². The first-order valence-electron chi connectivity index (χ1n) is 7.21. The molecule has 0 aliphatic heterocycles. The molecule has 1 amide bonds. The Labute approximate surface area is 126 Å². The maximum Gasteiger partial charge on any atom is 0.251 e. The molecule has 0 atom stereocenters. The maximum absolute atomic E-state index is 12.0. The number of amides is 1. The van der Waals surface area contributed by atoms with E-state index in [-0.39, 0.29) is 5.91 Å². The van der Waals surface area contributed by atoms with Gasteiger partial charge in [-0.1, -0.05) is 42.5 Å². The number of hydrogen-bond donors (Lipinski definition) is 1. The second-order valence-electron chi connectivity index (χ2n) is 5.42. The van der Waals surface area contributed by atoms with Crippen molar-refractivity contribution in [1.82, 2.24) is 10.2 Å². The monoisotopic (exact) mass is 282 g/mol. The number of hydrogen-bond acceptors (Lipinski definition) is 2. The zero-order chi connectivity index (χ0) is 15.1. The Hall–Kier alpha value is -2.13.